The Bertz CT molecular complexity index is 2150. The number of aromatic amines is 3. The molecule has 0 saturated carbocycles. The van der Waals surface area contributed by atoms with Gasteiger partial charge in [0.25, 0.3) is 0 Å². The number of carbonyl (C=O) groups is 3. The van der Waals surface area contributed by atoms with E-state index in [0.29, 0.717) is 24.6 Å². The summed E-state index contributed by atoms with van der Waals surface area (Å²) in [5.41, 5.74) is 6.32. The Hall–Kier alpha value is -6.36. The Morgan fingerprint density at radius 2 is 1.39 bits per heavy atom. The van der Waals surface area contributed by atoms with Gasteiger partial charge in [-0.05, 0) is 53.9 Å². The van der Waals surface area contributed by atoms with E-state index in [2.05, 4.69) is 82.0 Å². The minimum absolute atomic E-state index is 0.0152. The van der Waals surface area contributed by atoms with Gasteiger partial charge >= 0.3 is 6.09 Å². The maximum absolute atomic E-state index is 13.7. The fourth-order valence-corrected chi connectivity index (χ4v) is 7.58. The Morgan fingerprint density at radius 1 is 0.842 bits per heavy atom. The highest BCUT2D eigenvalue weighted by Gasteiger charge is 2.38. The lowest BCUT2D eigenvalue weighted by Gasteiger charge is -2.27. The van der Waals surface area contributed by atoms with Crippen molar-refractivity contribution in [2.75, 3.05) is 27.3 Å². The van der Waals surface area contributed by atoms with Crippen LogP contribution in [-0.4, -0.2) is 109 Å². The number of aliphatic imine (C=N–C) groups is 1. The molecule has 2 aliphatic rings. The number of aromatic nitrogens is 7. The summed E-state index contributed by atoms with van der Waals surface area (Å²) < 4.78 is 4.78. The smallest absolute Gasteiger partial charge is 0.407 e. The molecule has 4 atom stereocenters. The number of amides is 3. The first-order valence-corrected chi connectivity index (χ1v) is 19.1. The number of hydrogen-bond acceptors (Lipinski definition) is 11. The molecule has 17 heteroatoms. The number of rotatable bonds is 14. The second kappa shape index (κ2) is 17.6. The molecule has 5 heterocycles. The summed E-state index contributed by atoms with van der Waals surface area (Å²) in [6.07, 6.45) is 9.09. The van der Waals surface area contributed by atoms with E-state index in [1.165, 1.54) is 20.6 Å². The first kappa shape index (κ1) is 38.9. The van der Waals surface area contributed by atoms with Crippen LogP contribution in [0.15, 0.2) is 72.1 Å². The molecule has 7 rings (SSSR count). The molecular weight excluding hydrogens is 731 g/mol. The van der Waals surface area contributed by atoms with Crippen molar-refractivity contribution in [1.82, 2.24) is 50.5 Å². The number of carbonyl (C=O) groups excluding carboxylic acids is 3. The fourth-order valence-electron chi connectivity index (χ4n) is 7.58. The predicted molar refractivity (Wildman–Crippen MR) is 209 cm³/mol. The molecule has 3 amide bonds. The van der Waals surface area contributed by atoms with Crippen LogP contribution in [0.4, 0.5) is 4.79 Å². The van der Waals surface area contributed by atoms with Crippen molar-refractivity contribution < 1.29 is 28.9 Å². The van der Waals surface area contributed by atoms with Gasteiger partial charge in [-0.25, -0.2) is 19.8 Å². The van der Waals surface area contributed by atoms with Crippen molar-refractivity contribution in [3.8, 4) is 33.6 Å². The molecule has 0 bridgehead atoms. The van der Waals surface area contributed by atoms with Gasteiger partial charge in [0, 0.05) is 25.7 Å². The molecule has 298 valence electrons. The van der Waals surface area contributed by atoms with E-state index in [9.17, 15) is 14.4 Å². The van der Waals surface area contributed by atoms with Crippen molar-refractivity contribution in [3.05, 3.63) is 84.5 Å². The van der Waals surface area contributed by atoms with Crippen molar-refractivity contribution in [1.29, 1.82) is 0 Å². The largest absolute Gasteiger partial charge is 0.453 e. The van der Waals surface area contributed by atoms with E-state index < -0.39 is 18.2 Å². The number of methoxy groups -OCH3 is 1. The zero-order chi connectivity index (χ0) is 39.9. The van der Waals surface area contributed by atoms with Crippen LogP contribution in [0.3, 0.4) is 0 Å². The molecule has 0 unspecified atom stereocenters. The molecule has 2 fully saturated rings. The maximum atomic E-state index is 13.7. The summed E-state index contributed by atoms with van der Waals surface area (Å²) in [6.45, 7) is 5.10. The van der Waals surface area contributed by atoms with Crippen LogP contribution in [0.1, 0.15) is 69.0 Å². The highest BCUT2D eigenvalue weighted by molar-refractivity contribution is 5.86. The summed E-state index contributed by atoms with van der Waals surface area (Å²) in [6, 6.07) is 14.6. The number of hydrogen-bond donors (Lipinski definition) is 4. The van der Waals surface area contributed by atoms with E-state index in [4.69, 9.17) is 14.6 Å². The number of alkyl carbamates (subject to hydrolysis) is 1. The first-order valence-electron chi connectivity index (χ1n) is 19.1. The third kappa shape index (κ3) is 8.72. The van der Waals surface area contributed by atoms with Gasteiger partial charge in [-0.2, -0.15) is 4.89 Å². The molecule has 57 heavy (non-hydrogen) atoms. The van der Waals surface area contributed by atoms with Gasteiger partial charge in [-0.3, -0.25) is 14.7 Å². The van der Waals surface area contributed by atoms with Gasteiger partial charge in [0.05, 0.1) is 55.8 Å². The van der Waals surface area contributed by atoms with Crippen LogP contribution in [0.2, 0.25) is 0 Å². The Morgan fingerprint density at radius 3 is 1.88 bits per heavy atom. The van der Waals surface area contributed by atoms with E-state index in [1.807, 2.05) is 37.1 Å². The van der Waals surface area contributed by atoms with E-state index >= 15 is 0 Å². The SMILES string of the molecule is COO/C=N\[C@H](C(=O)N1CCC[C@H]1c1ncc(-c2ccc(-c3ccc(-c4cnc([C@@H]5CCCN5C(=O)[C@@H](Cc5c[nH]nn5)NC(=O)OC)[nH]4)cc3)cc2)[nH]1)C(C)C. The predicted octanol–water partition coefficient (Wildman–Crippen LogP) is 5.18. The van der Waals surface area contributed by atoms with Gasteiger partial charge in [0.1, 0.15) is 23.7 Å². The van der Waals surface area contributed by atoms with Crippen LogP contribution in [0, 0.1) is 5.92 Å². The summed E-state index contributed by atoms with van der Waals surface area (Å²) in [5.74, 6) is 1.13. The van der Waals surface area contributed by atoms with Gasteiger partial charge in [0.2, 0.25) is 18.2 Å². The number of H-pyrrole nitrogens is 3. The zero-order valence-electron chi connectivity index (χ0n) is 32.3. The average Bonchev–Trinajstić information content (AvgIpc) is 4.08. The van der Waals surface area contributed by atoms with Gasteiger partial charge < -0.3 is 34.7 Å². The van der Waals surface area contributed by atoms with Gasteiger partial charge in [0.15, 0.2) is 0 Å². The second-order valence-corrected chi connectivity index (χ2v) is 14.5. The minimum Gasteiger partial charge on any atom is -0.453 e. The lowest BCUT2D eigenvalue weighted by atomic mass is 10.0. The Kier molecular flexibility index (Phi) is 12.0. The number of likely N-dealkylation sites (tertiary alicyclic amines) is 2. The van der Waals surface area contributed by atoms with E-state index in [1.54, 1.807) is 17.3 Å². The van der Waals surface area contributed by atoms with Crippen molar-refractivity contribution >= 4 is 24.3 Å². The fraction of sp³-hybridized carbons (Fsp3) is 0.400. The molecular formula is C40H47N11O6. The minimum atomic E-state index is -0.872. The highest BCUT2D eigenvalue weighted by Crippen LogP contribution is 2.35. The van der Waals surface area contributed by atoms with Gasteiger partial charge in [-0.1, -0.05) is 67.6 Å². The molecule has 0 aliphatic carbocycles. The van der Waals surface area contributed by atoms with Crippen molar-refractivity contribution in [2.24, 2.45) is 10.9 Å². The molecule has 2 aliphatic heterocycles. The quantitative estimate of drug-likeness (QED) is 0.0503. The van der Waals surface area contributed by atoms with Crippen molar-refractivity contribution in [3.63, 3.8) is 0 Å². The number of nitrogens with zero attached hydrogens (tertiary/aromatic N) is 7. The number of ether oxygens (including phenoxy) is 1. The monoisotopic (exact) mass is 777 g/mol. The second-order valence-electron chi connectivity index (χ2n) is 14.5. The molecule has 3 aromatic heterocycles. The molecule has 5 aromatic rings. The van der Waals surface area contributed by atoms with Crippen LogP contribution >= 0.6 is 0 Å². The van der Waals surface area contributed by atoms with Crippen LogP contribution in [-0.2, 0) is 30.5 Å². The van der Waals surface area contributed by atoms with E-state index in [0.717, 1.165) is 65.1 Å². The molecule has 4 N–H and O–H groups in total. The molecule has 17 nitrogen and oxygen atoms in total. The molecule has 2 aromatic carbocycles. The summed E-state index contributed by atoms with van der Waals surface area (Å²) in [5, 5.41) is 13.0. The first-order chi connectivity index (χ1) is 27.7. The summed E-state index contributed by atoms with van der Waals surface area (Å²) in [4.78, 5) is 73.0. The van der Waals surface area contributed by atoms with Crippen molar-refractivity contribution in [2.45, 2.75) is 70.1 Å². The Labute approximate surface area is 329 Å². The van der Waals surface area contributed by atoms with Crippen LogP contribution < -0.4 is 5.32 Å². The normalized spacial score (nSPS) is 18.0. The maximum Gasteiger partial charge on any atom is 0.407 e. The molecule has 0 spiro atoms. The lowest BCUT2D eigenvalue weighted by Crippen LogP contribution is -2.49. The zero-order valence-corrected chi connectivity index (χ0v) is 32.3. The van der Waals surface area contributed by atoms with Gasteiger partial charge in [-0.15, -0.1) is 5.10 Å². The van der Waals surface area contributed by atoms with E-state index in [-0.39, 0.29) is 36.2 Å². The summed E-state index contributed by atoms with van der Waals surface area (Å²) >= 11 is 0. The third-order valence-electron chi connectivity index (χ3n) is 10.5. The lowest BCUT2D eigenvalue weighted by molar-refractivity contribution is -0.188. The Balaban J connectivity index is 0.997. The number of benzene rings is 2. The average molecular weight is 778 g/mol. The molecule has 0 radical (unpaired) electrons. The van der Waals surface area contributed by atoms with Crippen LogP contribution in [0.5, 0.6) is 0 Å². The molecule has 2 saturated heterocycles. The number of imidazole rings is 2. The van der Waals surface area contributed by atoms with Crippen LogP contribution in [0.25, 0.3) is 33.6 Å². The third-order valence-corrected chi connectivity index (χ3v) is 10.5. The standard InChI is InChI=1S/C40H47N11O6/c1-24(2)35(43-23-57-56-4)39(53)51-18-6-8-34(51)37-42-22-32(46-37)28-15-11-26(12-16-28)25-9-13-27(14-10-25)31-21-41-36(45-31)33-7-5-17-50(33)38(52)30(47-40(54)55-3)19-29-20-44-49-48-29/h9-16,20-24,30,33-35H,5-8,17-19H2,1-4H3,(H,41,45)(H,42,46)(H,47,54)(H,44,48,49)/b43-23-/t30-,33+,34+,35+/m1/s1. The highest BCUT2D eigenvalue weighted by atomic mass is 17.2. The topological polar surface area (TPSA) is 209 Å². The summed E-state index contributed by atoms with van der Waals surface area (Å²) in [7, 11) is 2.65. The number of nitrogens with one attached hydrogen (secondary N) is 4.